The number of anilines is 1. The highest BCUT2D eigenvalue weighted by atomic mass is 16.5. The fourth-order valence-electron chi connectivity index (χ4n) is 2.17. The van der Waals surface area contributed by atoms with E-state index in [0.717, 1.165) is 11.3 Å². The predicted molar refractivity (Wildman–Crippen MR) is 98.4 cm³/mol. The number of hydrogen-bond donors (Lipinski definition) is 2. The molecule has 0 unspecified atom stereocenters. The molecular weight excluding hydrogens is 316 g/mol. The van der Waals surface area contributed by atoms with Crippen LogP contribution in [-0.4, -0.2) is 18.4 Å². The Balaban J connectivity index is 1.87. The first kappa shape index (κ1) is 18.5. The Bertz CT molecular complexity index is 697. The molecule has 0 aliphatic carbocycles. The van der Waals surface area contributed by atoms with Gasteiger partial charge in [0.05, 0.1) is 12.6 Å². The minimum Gasteiger partial charge on any atom is -0.493 e. The molecule has 0 heterocycles. The molecule has 2 aromatic rings. The zero-order valence-corrected chi connectivity index (χ0v) is 14.8. The molecule has 0 aliphatic heterocycles. The number of nitrogens with one attached hydrogen (secondary N) is 2. The molecular formula is C20H24N2O3. The summed E-state index contributed by atoms with van der Waals surface area (Å²) in [7, 11) is 0. The van der Waals surface area contributed by atoms with Gasteiger partial charge in [0.1, 0.15) is 5.75 Å². The highest BCUT2D eigenvalue weighted by Gasteiger charge is 2.17. The summed E-state index contributed by atoms with van der Waals surface area (Å²) >= 11 is 0. The van der Waals surface area contributed by atoms with Crippen molar-refractivity contribution in [1.29, 1.82) is 0 Å². The molecule has 5 heteroatoms. The first-order valence-corrected chi connectivity index (χ1v) is 8.35. The van der Waals surface area contributed by atoms with Crippen LogP contribution in [-0.2, 0) is 9.59 Å². The summed E-state index contributed by atoms with van der Waals surface area (Å²) in [6, 6.07) is 16.2. The summed E-state index contributed by atoms with van der Waals surface area (Å²) < 4.78 is 5.58. The molecule has 0 aliphatic rings. The molecule has 0 saturated heterocycles. The van der Waals surface area contributed by atoms with Gasteiger partial charge in [-0.25, -0.2) is 0 Å². The fraction of sp³-hybridized carbons (Fsp3) is 0.300. The summed E-state index contributed by atoms with van der Waals surface area (Å²) in [5, 5.41) is 5.27. The number of benzene rings is 2. The fourth-order valence-corrected chi connectivity index (χ4v) is 2.17. The monoisotopic (exact) mass is 340 g/mol. The van der Waals surface area contributed by atoms with Crippen molar-refractivity contribution < 1.29 is 14.3 Å². The Kier molecular flexibility index (Phi) is 6.57. The lowest BCUT2D eigenvalue weighted by molar-refractivity contribution is -0.136. The summed E-state index contributed by atoms with van der Waals surface area (Å²) in [5.41, 5.74) is 1.49. The standard InChI is InChI=1S/C20H24N2O3/c1-14(2)13-25-18-11-9-17(10-12-18)22-20(24)19(23)21-15(3)16-7-5-4-6-8-16/h4-12,14-15H,13H2,1-3H3,(H,21,23)(H,22,24)/t15-/m0/s1. The van der Waals surface area contributed by atoms with Gasteiger partial charge >= 0.3 is 11.8 Å². The Morgan fingerprint density at radius 1 is 0.920 bits per heavy atom. The maximum Gasteiger partial charge on any atom is 0.313 e. The van der Waals surface area contributed by atoms with E-state index < -0.39 is 11.8 Å². The lowest BCUT2D eigenvalue weighted by atomic mass is 10.1. The Morgan fingerprint density at radius 2 is 1.56 bits per heavy atom. The van der Waals surface area contributed by atoms with Crippen LogP contribution in [0.4, 0.5) is 5.69 Å². The third kappa shape index (κ3) is 5.95. The predicted octanol–water partition coefficient (Wildman–Crippen LogP) is 3.54. The second kappa shape index (κ2) is 8.87. The number of ether oxygens (including phenoxy) is 1. The zero-order chi connectivity index (χ0) is 18.2. The molecule has 2 N–H and O–H groups in total. The number of amides is 2. The molecule has 0 aromatic heterocycles. The van der Waals surface area contributed by atoms with Gasteiger partial charge in [-0.05, 0) is 42.7 Å². The van der Waals surface area contributed by atoms with Gasteiger partial charge in [-0.15, -0.1) is 0 Å². The third-order valence-corrected chi connectivity index (χ3v) is 3.55. The van der Waals surface area contributed by atoms with Crippen molar-refractivity contribution in [2.45, 2.75) is 26.8 Å². The van der Waals surface area contributed by atoms with Crippen LogP contribution in [0.3, 0.4) is 0 Å². The quantitative estimate of drug-likeness (QED) is 0.791. The van der Waals surface area contributed by atoms with Crippen LogP contribution in [0.2, 0.25) is 0 Å². The molecule has 0 bridgehead atoms. The smallest absolute Gasteiger partial charge is 0.313 e. The molecule has 132 valence electrons. The summed E-state index contributed by atoms with van der Waals surface area (Å²) in [4.78, 5) is 24.1. The molecule has 0 fully saturated rings. The van der Waals surface area contributed by atoms with E-state index >= 15 is 0 Å². The van der Waals surface area contributed by atoms with E-state index in [2.05, 4.69) is 24.5 Å². The maximum absolute atomic E-state index is 12.0. The van der Waals surface area contributed by atoms with E-state index in [-0.39, 0.29) is 6.04 Å². The van der Waals surface area contributed by atoms with Gasteiger partial charge in [0.25, 0.3) is 0 Å². The third-order valence-electron chi connectivity index (χ3n) is 3.55. The molecule has 0 saturated carbocycles. The first-order chi connectivity index (χ1) is 12.0. The van der Waals surface area contributed by atoms with Gasteiger partial charge in [0.2, 0.25) is 0 Å². The van der Waals surface area contributed by atoms with Crippen molar-refractivity contribution in [3.05, 3.63) is 60.2 Å². The summed E-state index contributed by atoms with van der Waals surface area (Å²) in [6.07, 6.45) is 0. The second-order valence-corrected chi connectivity index (χ2v) is 6.29. The molecule has 2 rings (SSSR count). The second-order valence-electron chi connectivity index (χ2n) is 6.29. The van der Waals surface area contributed by atoms with Crippen molar-refractivity contribution in [2.75, 3.05) is 11.9 Å². The van der Waals surface area contributed by atoms with E-state index in [1.54, 1.807) is 24.3 Å². The Morgan fingerprint density at radius 3 is 2.16 bits per heavy atom. The molecule has 0 spiro atoms. The van der Waals surface area contributed by atoms with Crippen LogP contribution in [0, 0.1) is 5.92 Å². The molecule has 25 heavy (non-hydrogen) atoms. The van der Waals surface area contributed by atoms with Crippen molar-refractivity contribution in [1.82, 2.24) is 5.32 Å². The highest BCUT2D eigenvalue weighted by Crippen LogP contribution is 2.16. The minimum absolute atomic E-state index is 0.244. The topological polar surface area (TPSA) is 67.4 Å². The van der Waals surface area contributed by atoms with Crippen LogP contribution in [0.25, 0.3) is 0 Å². The first-order valence-electron chi connectivity index (χ1n) is 8.35. The minimum atomic E-state index is -0.696. The molecule has 0 radical (unpaired) electrons. The number of carbonyl (C=O) groups excluding carboxylic acids is 2. The van der Waals surface area contributed by atoms with Gasteiger partial charge in [-0.1, -0.05) is 44.2 Å². The average molecular weight is 340 g/mol. The summed E-state index contributed by atoms with van der Waals surface area (Å²) in [6.45, 7) is 6.61. The Hall–Kier alpha value is -2.82. The van der Waals surface area contributed by atoms with Gasteiger partial charge in [-0.2, -0.15) is 0 Å². The van der Waals surface area contributed by atoms with Gasteiger partial charge in [0, 0.05) is 5.69 Å². The van der Waals surface area contributed by atoms with E-state index in [0.29, 0.717) is 18.2 Å². The van der Waals surface area contributed by atoms with Crippen LogP contribution < -0.4 is 15.4 Å². The Labute approximate surface area is 148 Å². The largest absolute Gasteiger partial charge is 0.493 e. The van der Waals surface area contributed by atoms with Gasteiger partial charge in [0.15, 0.2) is 0 Å². The van der Waals surface area contributed by atoms with Crippen molar-refractivity contribution in [3.8, 4) is 5.75 Å². The SMILES string of the molecule is CC(C)COc1ccc(NC(=O)C(=O)N[C@@H](C)c2ccccc2)cc1. The van der Waals surface area contributed by atoms with E-state index in [9.17, 15) is 9.59 Å². The van der Waals surface area contributed by atoms with E-state index in [4.69, 9.17) is 4.74 Å². The normalized spacial score (nSPS) is 11.7. The number of carbonyl (C=O) groups is 2. The molecule has 5 nitrogen and oxygen atoms in total. The van der Waals surface area contributed by atoms with Gasteiger partial charge < -0.3 is 15.4 Å². The van der Waals surface area contributed by atoms with Crippen LogP contribution in [0.1, 0.15) is 32.4 Å². The van der Waals surface area contributed by atoms with Crippen molar-refractivity contribution in [3.63, 3.8) is 0 Å². The summed E-state index contributed by atoms with van der Waals surface area (Å²) in [5.74, 6) is -0.196. The van der Waals surface area contributed by atoms with Crippen molar-refractivity contribution in [2.24, 2.45) is 5.92 Å². The zero-order valence-electron chi connectivity index (χ0n) is 14.8. The van der Waals surface area contributed by atoms with E-state index in [1.807, 2.05) is 37.3 Å². The lowest BCUT2D eigenvalue weighted by Gasteiger charge is -2.14. The lowest BCUT2D eigenvalue weighted by Crippen LogP contribution is -2.36. The molecule has 2 aromatic carbocycles. The number of hydrogen-bond acceptors (Lipinski definition) is 3. The maximum atomic E-state index is 12.0. The molecule has 1 atom stereocenters. The van der Waals surface area contributed by atoms with Crippen LogP contribution >= 0.6 is 0 Å². The van der Waals surface area contributed by atoms with Crippen molar-refractivity contribution >= 4 is 17.5 Å². The van der Waals surface area contributed by atoms with Crippen LogP contribution in [0.5, 0.6) is 5.75 Å². The van der Waals surface area contributed by atoms with Gasteiger partial charge in [-0.3, -0.25) is 9.59 Å². The van der Waals surface area contributed by atoms with Crippen LogP contribution in [0.15, 0.2) is 54.6 Å². The molecule has 2 amide bonds. The average Bonchev–Trinajstić information content (AvgIpc) is 2.61. The number of rotatable bonds is 6. The van der Waals surface area contributed by atoms with E-state index in [1.165, 1.54) is 0 Å². The highest BCUT2D eigenvalue weighted by molar-refractivity contribution is 6.39.